The van der Waals surface area contributed by atoms with Crippen molar-refractivity contribution in [3.05, 3.63) is 34.9 Å². The first-order chi connectivity index (χ1) is 8.17. The molecule has 0 aromatic heterocycles. The number of benzene rings is 1. The van der Waals surface area contributed by atoms with Crippen molar-refractivity contribution in [3.63, 3.8) is 0 Å². The van der Waals surface area contributed by atoms with Crippen molar-refractivity contribution in [2.45, 2.75) is 32.2 Å². The Balaban J connectivity index is 1.92. The van der Waals surface area contributed by atoms with Crippen LogP contribution in [-0.2, 0) is 0 Å². The van der Waals surface area contributed by atoms with Crippen molar-refractivity contribution in [3.8, 4) is 6.07 Å². The third-order valence-electron chi connectivity index (χ3n) is 3.57. The second-order valence-electron chi connectivity index (χ2n) is 4.96. The van der Waals surface area contributed by atoms with Crippen LogP contribution in [0.4, 0.5) is 0 Å². The molecule has 0 heterocycles. The highest BCUT2D eigenvalue weighted by Gasteiger charge is 2.42. The summed E-state index contributed by atoms with van der Waals surface area (Å²) in [7, 11) is 0. The summed E-state index contributed by atoms with van der Waals surface area (Å²) in [4.78, 5) is 0. The van der Waals surface area contributed by atoms with Gasteiger partial charge in [-0.2, -0.15) is 5.26 Å². The predicted octanol–water partition coefficient (Wildman–Crippen LogP) is 3.68. The summed E-state index contributed by atoms with van der Waals surface area (Å²) in [6.07, 6.45) is 3.00. The van der Waals surface area contributed by atoms with E-state index >= 15 is 0 Å². The quantitative estimate of drug-likeness (QED) is 0.863. The summed E-state index contributed by atoms with van der Waals surface area (Å²) in [5, 5.41) is 13.1. The Labute approximate surface area is 108 Å². The van der Waals surface area contributed by atoms with Crippen molar-refractivity contribution in [2.24, 2.45) is 5.41 Å². The lowest BCUT2D eigenvalue weighted by Crippen LogP contribution is -2.26. The van der Waals surface area contributed by atoms with Crippen molar-refractivity contribution in [1.82, 2.24) is 5.32 Å². The summed E-state index contributed by atoms with van der Waals surface area (Å²) in [6.45, 7) is 3.02. The molecule has 0 amide bonds. The lowest BCUT2D eigenvalue weighted by atomic mass is 10.0. The van der Waals surface area contributed by atoms with Crippen LogP contribution in [0.2, 0.25) is 5.02 Å². The predicted molar refractivity (Wildman–Crippen MR) is 69.8 cm³/mol. The van der Waals surface area contributed by atoms with Gasteiger partial charge in [0.05, 0.1) is 6.07 Å². The Morgan fingerprint density at radius 2 is 2.18 bits per heavy atom. The van der Waals surface area contributed by atoms with Gasteiger partial charge in [0.25, 0.3) is 0 Å². The summed E-state index contributed by atoms with van der Waals surface area (Å²) < 4.78 is 0. The molecule has 1 aromatic rings. The molecule has 0 unspecified atom stereocenters. The Morgan fingerprint density at radius 1 is 1.47 bits per heavy atom. The van der Waals surface area contributed by atoms with E-state index in [4.69, 9.17) is 16.9 Å². The zero-order chi connectivity index (χ0) is 12.3. The topological polar surface area (TPSA) is 35.8 Å². The van der Waals surface area contributed by atoms with Gasteiger partial charge in [-0.25, -0.2) is 0 Å². The fraction of sp³-hybridized carbons (Fsp3) is 0.500. The molecule has 1 aliphatic rings. The van der Waals surface area contributed by atoms with Crippen LogP contribution in [0.1, 0.15) is 37.8 Å². The van der Waals surface area contributed by atoms with Crippen molar-refractivity contribution in [1.29, 1.82) is 5.26 Å². The van der Waals surface area contributed by atoms with Gasteiger partial charge in [-0.05, 0) is 36.8 Å². The van der Waals surface area contributed by atoms with Gasteiger partial charge < -0.3 is 5.32 Å². The van der Waals surface area contributed by atoms with Gasteiger partial charge in [0, 0.05) is 24.0 Å². The molecular weight excluding hydrogens is 232 g/mol. The van der Waals surface area contributed by atoms with E-state index in [0.29, 0.717) is 6.42 Å². The first-order valence-corrected chi connectivity index (χ1v) is 6.39. The Kier molecular flexibility index (Phi) is 3.71. The highest BCUT2D eigenvalue weighted by atomic mass is 35.5. The smallest absolute Gasteiger partial charge is 0.0628 e. The molecule has 17 heavy (non-hydrogen) atoms. The minimum absolute atomic E-state index is 0.236. The Bertz CT molecular complexity index is 432. The second kappa shape index (κ2) is 5.08. The van der Waals surface area contributed by atoms with Gasteiger partial charge in [-0.15, -0.1) is 0 Å². The SMILES string of the molecule is C[C@H](NCC1(CC#N)CC1)c1ccccc1Cl. The summed E-state index contributed by atoms with van der Waals surface area (Å²) >= 11 is 6.15. The van der Waals surface area contributed by atoms with Crippen LogP contribution in [0.25, 0.3) is 0 Å². The highest BCUT2D eigenvalue weighted by Crippen LogP contribution is 2.48. The van der Waals surface area contributed by atoms with Crippen molar-refractivity contribution >= 4 is 11.6 Å². The standard InChI is InChI=1S/C14H17ClN2/c1-11(12-4-2-3-5-13(12)15)17-10-14(6-7-14)8-9-16/h2-5,11,17H,6-8,10H2,1H3/t11-/m0/s1. The molecule has 1 aromatic carbocycles. The van der Waals surface area contributed by atoms with E-state index in [1.165, 1.54) is 12.8 Å². The van der Waals surface area contributed by atoms with Gasteiger partial charge in [0.1, 0.15) is 0 Å². The third-order valence-corrected chi connectivity index (χ3v) is 3.91. The fourth-order valence-electron chi connectivity index (χ4n) is 2.07. The lowest BCUT2D eigenvalue weighted by Gasteiger charge is -2.19. The molecule has 2 rings (SSSR count). The maximum absolute atomic E-state index is 8.77. The number of nitrogens with one attached hydrogen (secondary N) is 1. The molecule has 0 aliphatic heterocycles. The van der Waals surface area contributed by atoms with Crippen LogP contribution in [0.5, 0.6) is 0 Å². The van der Waals surface area contributed by atoms with Crippen LogP contribution >= 0.6 is 11.6 Å². The normalized spacial score (nSPS) is 18.4. The molecule has 1 atom stereocenters. The van der Waals surface area contributed by atoms with E-state index in [-0.39, 0.29) is 11.5 Å². The molecular formula is C14H17ClN2. The zero-order valence-corrected chi connectivity index (χ0v) is 10.8. The van der Waals surface area contributed by atoms with Crippen LogP contribution in [0.3, 0.4) is 0 Å². The molecule has 0 saturated heterocycles. The van der Waals surface area contributed by atoms with E-state index in [9.17, 15) is 0 Å². The van der Waals surface area contributed by atoms with E-state index in [2.05, 4.69) is 18.3 Å². The minimum Gasteiger partial charge on any atom is -0.310 e. The molecule has 0 bridgehead atoms. The molecule has 2 nitrogen and oxygen atoms in total. The number of nitriles is 1. The number of rotatable bonds is 5. The number of halogens is 1. The monoisotopic (exact) mass is 248 g/mol. The molecule has 90 valence electrons. The molecule has 1 aliphatic carbocycles. The average molecular weight is 249 g/mol. The molecule has 1 saturated carbocycles. The largest absolute Gasteiger partial charge is 0.310 e. The molecule has 3 heteroatoms. The maximum Gasteiger partial charge on any atom is 0.0628 e. The summed E-state index contributed by atoms with van der Waals surface area (Å²) in [5.74, 6) is 0. The van der Waals surface area contributed by atoms with E-state index < -0.39 is 0 Å². The lowest BCUT2D eigenvalue weighted by molar-refractivity contribution is 0.433. The maximum atomic E-state index is 8.77. The van der Waals surface area contributed by atoms with Crippen LogP contribution in [0.15, 0.2) is 24.3 Å². The van der Waals surface area contributed by atoms with Crippen molar-refractivity contribution < 1.29 is 0 Å². The van der Waals surface area contributed by atoms with E-state index in [1.807, 2.05) is 24.3 Å². The van der Waals surface area contributed by atoms with Gasteiger partial charge in [0.2, 0.25) is 0 Å². The van der Waals surface area contributed by atoms with Gasteiger partial charge in [0.15, 0.2) is 0 Å². The minimum atomic E-state index is 0.236. The third kappa shape index (κ3) is 3.00. The number of hydrogen-bond acceptors (Lipinski definition) is 2. The number of hydrogen-bond donors (Lipinski definition) is 1. The van der Waals surface area contributed by atoms with Gasteiger partial charge >= 0.3 is 0 Å². The summed E-state index contributed by atoms with van der Waals surface area (Å²) in [6, 6.07) is 10.4. The van der Waals surface area contributed by atoms with Crippen LogP contribution in [-0.4, -0.2) is 6.54 Å². The first kappa shape index (κ1) is 12.4. The summed E-state index contributed by atoms with van der Waals surface area (Å²) in [5.41, 5.74) is 1.37. The first-order valence-electron chi connectivity index (χ1n) is 6.02. The molecule has 0 spiro atoms. The average Bonchev–Trinajstić information content (AvgIpc) is 3.08. The van der Waals surface area contributed by atoms with Crippen molar-refractivity contribution in [2.75, 3.05) is 6.54 Å². The van der Waals surface area contributed by atoms with Gasteiger partial charge in [-0.3, -0.25) is 0 Å². The molecule has 0 radical (unpaired) electrons. The highest BCUT2D eigenvalue weighted by molar-refractivity contribution is 6.31. The van der Waals surface area contributed by atoms with Crippen LogP contribution in [0, 0.1) is 16.7 Å². The van der Waals surface area contributed by atoms with E-state index in [1.54, 1.807) is 0 Å². The Morgan fingerprint density at radius 3 is 2.76 bits per heavy atom. The van der Waals surface area contributed by atoms with Gasteiger partial charge in [-0.1, -0.05) is 29.8 Å². The zero-order valence-electron chi connectivity index (χ0n) is 10.0. The second-order valence-corrected chi connectivity index (χ2v) is 5.37. The molecule has 1 fully saturated rings. The Hall–Kier alpha value is -1.04. The van der Waals surface area contributed by atoms with E-state index in [0.717, 1.165) is 17.1 Å². The number of nitrogens with zero attached hydrogens (tertiary/aromatic N) is 1. The fourth-order valence-corrected chi connectivity index (χ4v) is 2.37. The molecule has 1 N–H and O–H groups in total. The van der Waals surface area contributed by atoms with Crippen LogP contribution < -0.4 is 5.32 Å².